The number of aliphatic imine (C=N–C) groups is 2. The smallest absolute Gasteiger partial charge is 0.305 e. The molecular weight excluding hydrogens is 1310 g/mol. The number of primary amides is 1. The van der Waals surface area contributed by atoms with Gasteiger partial charge in [0, 0.05) is 51.7 Å². The highest BCUT2D eigenvalue weighted by Gasteiger charge is 2.38. The molecule has 1 fully saturated rings. The van der Waals surface area contributed by atoms with Crippen LogP contribution in [0.15, 0.2) is 40.3 Å². The maximum Gasteiger partial charge on any atom is 0.305 e. The highest BCUT2D eigenvalue weighted by atomic mass is 16.4. The van der Waals surface area contributed by atoms with Crippen LogP contribution < -0.4 is 81.8 Å². The van der Waals surface area contributed by atoms with Crippen LogP contribution in [0, 0.1) is 17.8 Å². The Hall–Kier alpha value is -8.85. The quantitative estimate of drug-likeness (QED) is 0.0254. The number of nitrogens with zero attached hydrogens (tertiary/aromatic N) is 2. The van der Waals surface area contributed by atoms with Crippen LogP contribution in [0.3, 0.4) is 0 Å². The predicted molar refractivity (Wildman–Crippen MR) is 378 cm³/mol. The van der Waals surface area contributed by atoms with Crippen molar-refractivity contribution in [1.82, 2.24) is 53.2 Å². The van der Waals surface area contributed by atoms with E-state index in [1.165, 1.54) is 0 Å². The van der Waals surface area contributed by atoms with Gasteiger partial charge in [-0.2, -0.15) is 0 Å². The van der Waals surface area contributed by atoms with Gasteiger partial charge in [0.25, 0.3) is 0 Å². The number of aliphatic hydroxyl groups is 2. The van der Waals surface area contributed by atoms with Crippen LogP contribution in [0.25, 0.3) is 0 Å². The number of hydrogen-bond donors (Lipinski definition) is 18. The second kappa shape index (κ2) is 48.8. The zero-order valence-electron chi connectivity index (χ0n) is 59.6. The van der Waals surface area contributed by atoms with Crippen molar-refractivity contribution in [2.24, 2.45) is 56.4 Å². The number of aliphatic carboxylic acids is 1. The minimum atomic E-state index is -1.91. The number of nitrogens with two attached hydrogens (primary N) is 5. The van der Waals surface area contributed by atoms with Crippen LogP contribution >= 0.6 is 0 Å². The molecule has 2 rings (SSSR count). The number of ketones is 2. The number of carbonyl (C=O) groups excluding carboxylic acids is 12. The molecule has 101 heavy (non-hydrogen) atoms. The zero-order valence-corrected chi connectivity index (χ0v) is 59.6. The minimum absolute atomic E-state index is 0.00234. The topological polar surface area (TPSA) is 558 Å². The molecule has 0 bridgehead atoms. The molecule has 0 aliphatic carbocycles. The van der Waals surface area contributed by atoms with Crippen molar-refractivity contribution in [3.63, 3.8) is 0 Å². The molecule has 1 aliphatic rings. The second-order valence-electron chi connectivity index (χ2n) is 26.5. The van der Waals surface area contributed by atoms with E-state index in [-0.39, 0.29) is 120 Å². The molecule has 33 heteroatoms. The molecule has 1 heterocycles. The van der Waals surface area contributed by atoms with Crippen LogP contribution in [0.2, 0.25) is 0 Å². The lowest BCUT2D eigenvalue weighted by Crippen LogP contribution is -2.60. The molecule has 10 amide bonds. The molecular formula is C68H115N17O16. The van der Waals surface area contributed by atoms with Crippen molar-refractivity contribution in [3.05, 3.63) is 35.9 Å². The molecule has 0 radical (unpaired) electrons. The number of amides is 10. The number of guanidine groups is 2. The van der Waals surface area contributed by atoms with E-state index in [4.69, 9.17) is 28.7 Å². The molecule has 1 aromatic rings. The summed E-state index contributed by atoms with van der Waals surface area (Å²) in [5.41, 5.74) is 29.1. The van der Waals surface area contributed by atoms with E-state index in [0.717, 1.165) is 19.8 Å². The van der Waals surface area contributed by atoms with E-state index in [1.54, 1.807) is 44.2 Å². The first-order valence-electron chi connectivity index (χ1n) is 35.3. The molecule has 33 nitrogen and oxygen atoms in total. The summed E-state index contributed by atoms with van der Waals surface area (Å²) < 4.78 is 0. The lowest BCUT2D eigenvalue weighted by molar-refractivity contribution is -0.141. The van der Waals surface area contributed by atoms with Crippen LogP contribution in [-0.2, 0) is 68.7 Å². The van der Waals surface area contributed by atoms with Crippen molar-refractivity contribution < 1.29 is 77.6 Å². The lowest BCUT2D eigenvalue weighted by atomic mass is 9.92. The number of nitrogens with one attached hydrogen (secondary N) is 10. The first-order valence-corrected chi connectivity index (χ1v) is 35.3. The number of carbonyl (C=O) groups is 13. The number of rotatable bonds is 28. The van der Waals surface area contributed by atoms with Gasteiger partial charge in [0.15, 0.2) is 23.5 Å². The van der Waals surface area contributed by atoms with Gasteiger partial charge in [0.05, 0.1) is 37.1 Å². The fourth-order valence-electron chi connectivity index (χ4n) is 11.0. The van der Waals surface area contributed by atoms with Gasteiger partial charge in [-0.15, -0.1) is 0 Å². The molecule has 11 atom stereocenters. The van der Waals surface area contributed by atoms with Crippen molar-refractivity contribution in [3.8, 4) is 0 Å². The van der Waals surface area contributed by atoms with E-state index in [1.807, 2.05) is 20.8 Å². The first-order chi connectivity index (χ1) is 47.9. The molecule has 2 unspecified atom stereocenters. The maximum atomic E-state index is 14.7. The van der Waals surface area contributed by atoms with Crippen LogP contribution in [0.1, 0.15) is 188 Å². The van der Waals surface area contributed by atoms with Gasteiger partial charge in [0.2, 0.25) is 59.1 Å². The Bertz CT molecular complexity index is 2890. The standard InChI is InChI=1S/C68H115N17O16/c1-7-8-31-75-68(73)76-33-20-25-47-60(95)79-46(24-19-32-74-67(71)72)61(96)82-50(35-41(4)5)63(98)78-45(23-17-18-30-69)53(88)26-15-10-9-11-16-27-56(91)77-48(28-29-55(70)90)62(97)83-51(36-43-21-13-12-14-22-43)64(99)84-52(38-57(92)93)65(100)81-49(34-40(2)3)54(89)37-44(39-86)59(94)85-58(42(6)87)66(101)80-47/h12-14,21-22,40-42,44-52,58,86-87H,7-11,15-20,23-39,69H2,1-6H3,(H2,70,90)(H,77,91)(H,78,98)(H,79,95)(H,80,101)(H,81,100)(H,82,96)(H,83,97)(H,84,99)(H,85,94)(H,92,93)(H4,71,72,74)(H3,73,75,76)/t42-,44+,45+,46+,47+,48+,49+,50+,51?,52+,58?/m1/s1. The average Bonchev–Trinajstić information content (AvgIpc) is 0.868. The van der Waals surface area contributed by atoms with E-state index < -0.39 is 157 Å². The molecule has 1 aromatic carbocycles. The third-order valence-electron chi connectivity index (χ3n) is 16.6. The Morgan fingerprint density at radius 3 is 1.60 bits per heavy atom. The van der Waals surface area contributed by atoms with E-state index >= 15 is 0 Å². The Balaban J connectivity index is 2.84. The van der Waals surface area contributed by atoms with Gasteiger partial charge in [-0.25, -0.2) is 0 Å². The van der Waals surface area contributed by atoms with Gasteiger partial charge < -0.3 is 97.2 Å². The third-order valence-corrected chi connectivity index (χ3v) is 16.6. The molecule has 23 N–H and O–H groups in total. The largest absolute Gasteiger partial charge is 0.481 e. The van der Waals surface area contributed by atoms with Gasteiger partial charge >= 0.3 is 5.97 Å². The average molecular weight is 1430 g/mol. The summed E-state index contributed by atoms with van der Waals surface area (Å²) >= 11 is 0. The summed E-state index contributed by atoms with van der Waals surface area (Å²) in [5.74, 6) is -14.3. The van der Waals surface area contributed by atoms with Gasteiger partial charge in [-0.05, 0) is 114 Å². The second-order valence-corrected chi connectivity index (χ2v) is 26.5. The Kier molecular flexibility index (Phi) is 42.7. The summed E-state index contributed by atoms with van der Waals surface area (Å²) in [7, 11) is 0. The number of Topliss-reactive ketones (excluding diaryl/α,β-unsaturated/α-hetero) is 2. The van der Waals surface area contributed by atoms with Crippen LogP contribution in [0.5, 0.6) is 0 Å². The summed E-state index contributed by atoms with van der Waals surface area (Å²) in [6, 6.07) is -5.18. The third kappa shape index (κ3) is 36.9. The SMILES string of the molecule is CCCCNC(N)=NCCC[C@@H]1NC(=O)C([C@@H](C)O)NC(=O)[C@H](CO)CC(=O)[C@H](CC(C)C)NC(=O)[C@H](CC(=O)O)NC(=O)C(Cc2ccccc2)NC(=O)[C@H](CCC(N)=O)NC(=O)CCCCCCCC(=O)[C@H](CCCCN)NC(=O)[C@H](CC(C)C)NC(=O)[C@H](CCCN=C(N)N)NC1=O. The maximum absolute atomic E-state index is 14.7. The van der Waals surface area contributed by atoms with Gasteiger partial charge in [-0.1, -0.05) is 90.6 Å². The highest BCUT2D eigenvalue weighted by molar-refractivity contribution is 6.00. The molecule has 1 aliphatic heterocycles. The zero-order chi connectivity index (χ0) is 75.6. The Labute approximate surface area is 592 Å². The molecule has 0 spiro atoms. The fraction of sp³-hybridized carbons (Fsp3) is 0.691. The number of hydrogen-bond acceptors (Lipinski definition) is 18. The summed E-state index contributed by atoms with van der Waals surface area (Å²) in [5, 5.41) is 58.1. The summed E-state index contributed by atoms with van der Waals surface area (Å²) in [4.78, 5) is 190. The lowest BCUT2D eigenvalue weighted by Gasteiger charge is -2.29. The number of unbranched alkanes of at least 4 members (excludes halogenated alkanes) is 2. The summed E-state index contributed by atoms with van der Waals surface area (Å²) in [6.07, 6.45) is 0.685. The molecule has 0 aromatic heterocycles. The van der Waals surface area contributed by atoms with Crippen molar-refractivity contribution in [2.75, 3.05) is 32.8 Å². The van der Waals surface area contributed by atoms with Gasteiger partial charge in [0.1, 0.15) is 42.3 Å². The highest BCUT2D eigenvalue weighted by Crippen LogP contribution is 2.18. The Morgan fingerprint density at radius 1 is 0.545 bits per heavy atom. The Morgan fingerprint density at radius 2 is 1.04 bits per heavy atom. The first kappa shape index (κ1) is 88.2. The molecule has 0 saturated carbocycles. The number of benzene rings is 1. The predicted octanol–water partition coefficient (Wildman–Crippen LogP) is -1.65. The van der Waals surface area contributed by atoms with E-state index in [0.29, 0.717) is 63.6 Å². The van der Waals surface area contributed by atoms with Gasteiger partial charge in [-0.3, -0.25) is 72.3 Å². The molecule has 1 saturated heterocycles. The number of carboxylic acid groups (broad SMARTS) is 1. The molecule has 568 valence electrons. The normalized spacial score (nSPS) is 23.8. The van der Waals surface area contributed by atoms with E-state index in [9.17, 15) is 77.6 Å². The fourth-order valence-corrected chi connectivity index (χ4v) is 11.0. The van der Waals surface area contributed by atoms with Crippen molar-refractivity contribution in [1.29, 1.82) is 0 Å². The van der Waals surface area contributed by atoms with Crippen LogP contribution in [0.4, 0.5) is 0 Å². The van der Waals surface area contributed by atoms with Crippen molar-refractivity contribution in [2.45, 2.75) is 250 Å². The minimum Gasteiger partial charge on any atom is -0.481 e. The summed E-state index contributed by atoms with van der Waals surface area (Å²) in [6.45, 7) is 9.99. The van der Waals surface area contributed by atoms with Crippen molar-refractivity contribution >= 4 is 88.5 Å². The van der Waals surface area contributed by atoms with E-state index in [2.05, 4.69) is 63.2 Å². The number of aliphatic hydroxyl groups excluding tert-OH is 2. The number of carboxylic acids is 1. The monoisotopic (exact) mass is 1430 g/mol. The van der Waals surface area contributed by atoms with Crippen LogP contribution in [-0.4, -0.2) is 197 Å².